The van der Waals surface area contributed by atoms with Crippen molar-refractivity contribution in [1.82, 2.24) is 4.90 Å². The van der Waals surface area contributed by atoms with Crippen molar-refractivity contribution < 1.29 is 5.11 Å². The van der Waals surface area contributed by atoms with Crippen molar-refractivity contribution in [2.75, 3.05) is 6.54 Å². The Morgan fingerprint density at radius 1 is 1.10 bits per heavy atom. The van der Waals surface area contributed by atoms with E-state index in [1.165, 1.54) is 12.8 Å². The van der Waals surface area contributed by atoms with E-state index in [-0.39, 0.29) is 6.04 Å². The molecule has 0 radical (unpaired) electrons. The maximum absolute atomic E-state index is 10.9. The lowest BCUT2D eigenvalue weighted by atomic mass is 9.90. The molecule has 2 heteroatoms. The first kappa shape index (κ1) is 15.5. The number of hydrogen-bond acceptors (Lipinski definition) is 2. The summed E-state index contributed by atoms with van der Waals surface area (Å²) in [7, 11) is 0. The zero-order valence-corrected chi connectivity index (χ0v) is 13.3. The molecule has 1 aromatic rings. The summed E-state index contributed by atoms with van der Waals surface area (Å²) in [5.74, 6) is 1.29. The van der Waals surface area contributed by atoms with Crippen molar-refractivity contribution in [2.24, 2.45) is 11.8 Å². The Bertz CT molecular complexity index is 397. The van der Waals surface area contributed by atoms with Gasteiger partial charge in [-0.1, -0.05) is 44.2 Å². The standard InChI is InChI=1S/C18H29NO/c1-13(2)17(18(20)16-8-6-5-7-9-16)19(14(3)4)12-15-10-11-15/h5-9,13-15,17-18,20H,10-12H2,1-4H3. The highest BCUT2D eigenvalue weighted by Crippen LogP contribution is 2.34. The molecule has 1 saturated carbocycles. The fourth-order valence-electron chi connectivity index (χ4n) is 3.05. The second-order valence-corrected chi connectivity index (χ2v) is 6.82. The van der Waals surface area contributed by atoms with Crippen LogP contribution in [0.1, 0.15) is 52.2 Å². The Hall–Kier alpha value is -0.860. The number of hydrogen-bond donors (Lipinski definition) is 1. The van der Waals surface area contributed by atoms with Gasteiger partial charge in [0, 0.05) is 18.6 Å². The average molecular weight is 275 g/mol. The van der Waals surface area contributed by atoms with Crippen LogP contribution in [0.5, 0.6) is 0 Å². The number of nitrogens with zero attached hydrogens (tertiary/aromatic N) is 1. The van der Waals surface area contributed by atoms with Gasteiger partial charge in [0.05, 0.1) is 6.10 Å². The smallest absolute Gasteiger partial charge is 0.0947 e. The molecule has 1 aromatic carbocycles. The van der Waals surface area contributed by atoms with Crippen LogP contribution in [0.4, 0.5) is 0 Å². The van der Waals surface area contributed by atoms with Gasteiger partial charge in [0.25, 0.3) is 0 Å². The largest absolute Gasteiger partial charge is 0.387 e. The van der Waals surface area contributed by atoms with Crippen molar-refractivity contribution in [3.8, 4) is 0 Å². The van der Waals surface area contributed by atoms with Crippen LogP contribution >= 0.6 is 0 Å². The molecule has 0 amide bonds. The molecule has 2 atom stereocenters. The molecule has 2 nitrogen and oxygen atoms in total. The SMILES string of the molecule is CC(C)C(C(O)c1ccccc1)N(CC1CC1)C(C)C. The van der Waals surface area contributed by atoms with E-state index in [9.17, 15) is 5.11 Å². The highest BCUT2D eigenvalue weighted by atomic mass is 16.3. The first-order chi connectivity index (χ1) is 9.50. The van der Waals surface area contributed by atoms with E-state index in [0.717, 1.165) is 18.0 Å². The van der Waals surface area contributed by atoms with Crippen LogP contribution in [-0.2, 0) is 0 Å². The van der Waals surface area contributed by atoms with Crippen molar-refractivity contribution in [2.45, 2.75) is 58.7 Å². The number of rotatable bonds is 7. The van der Waals surface area contributed by atoms with E-state index in [1.807, 2.05) is 30.3 Å². The highest BCUT2D eigenvalue weighted by molar-refractivity contribution is 5.19. The lowest BCUT2D eigenvalue weighted by Crippen LogP contribution is -2.48. The van der Waals surface area contributed by atoms with Crippen molar-refractivity contribution in [3.05, 3.63) is 35.9 Å². The maximum atomic E-state index is 10.9. The number of aliphatic hydroxyl groups is 1. The highest BCUT2D eigenvalue weighted by Gasteiger charge is 2.35. The topological polar surface area (TPSA) is 23.5 Å². The van der Waals surface area contributed by atoms with Gasteiger partial charge in [-0.25, -0.2) is 0 Å². The minimum absolute atomic E-state index is 0.193. The quantitative estimate of drug-likeness (QED) is 0.816. The van der Waals surface area contributed by atoms with Gasteiger partial charge in [-0.15, -0.1) is 0 Å². The molecule has 0 spiro atoms. The normalized spacial score (nSPS) is 18.8. The molecule has 20 heavy (non-hydrogen) atoms. The van der Waals surface area contributed by atoms with Crippen molar-refractivity contribution in [3.63, 3.8) is 0 Å². The third kappa shape index (κ3) is 3.83. The molecule has 1 aliphatic carbocycles. The van der Waals surface area contributed by atoms with E-state index in [4.69, 9.17) is 0 Å². The number of aliphatic hydroxyl groups excluding tert-OH is 1. The zero-order valence-electron chi connectivity index (χ0n) is 13.3. The monoisotopic (exact) mass is 275 g/mol. The minimum Gasteiger partial charge on any atom is -0.387 e. The summed E-state index contributed by atoms with van der Waals surface area (Å²) < 4.78 is 0. The first-order valence-corrected chi connectivity index (χ1v) is 7.99. The lowest BCUT2D eigenvalue weighted by Gasteiger charge is -2.40. The molecule has 1 fully saturated rings. The van der Waals surface area contributed by atoms with Gasteiger partial charge in [-0.3, -0.25) is 4.90 Å². The van der Waals surface area contributed by atoms with Gasteiger partial charge in [-0.2, -0.15) is 0 Å². The van der Waals surface area contributed by atoms with E-state index in [2.05, 4.69) is 32.6 Å². The fraction of sp³-hybridized carbons (Fsp3) is 0.667. The van der Waals surface area contributed by atoms with E-state index in [1.54, 1.807) is 0 Å². The summed E-state index contributed by atoms with van der Waals surface area (Å²) >= 11 is 0. The van der Waals surface area contributed by atoms with Gasteiger partial charge in [0.2, 0.25) is 0 Å². The summed E-state index contributed by atoms with van der Waals surface area (Å²) in [5, 5.41) is 10.9. The average Bonchev–Trinajstić information content (AvgIpc) is 3.22. The Morgan fingerprint density at radius 2 is 1.70 bits per heavy atom. The van der Waals surface area contributed by atoms with Gasteiger partial charge >= 0.3 is 0 Å². The summed E-state index contributed by atoms with van der Waals surface area (Å²) in [6.07, 6.45) is 2.31. The second-order valence-electron chi connectivity index (χ2n) is 6.82. The van der Waals surface area contributed by atoms with E-state index < -0.39 is 6.10 Å². The minimum atomic E-state index is -0.405. The van der Waals surface area contributed by atoms with Crippen molar-refractivity contribution in [1.29, 1.82) is 0 Å². The van der Waals surface area contributed by atoms with Crippen LogP contribution in [0, 0.1) is 11.8 Å². The summed E-state index contributed by atoms with van der Waals surface area (Å²) in [4.78, 5) is 2.51. The van der Waals surface area contributed by atoms with Gasteiger partial charge in [-0.05, 0) is 44.1 Å². The van der Waals surface area contributed by atoms with Gasteiger partial charge < -0.3 is 5.11 Å². The summed E-state index contributed by atoms with van der Waals surface area (Å²) in [6.45, 7) is 10.1. The molecule has 2 unspecified atom stereocenters. The maximum Gasteiger partial charge on any atom is 0.0947 e. The predicted octanol–water partition coefficient (Wildman–Crippen LogP) is 3.87. The van der Waals surface area contributed by atoms with Gasteiger partial charge in [0.1, 0.15) is 0 Å². The van der Waals surface area contributed by atoms with E-state index in [0.29, 0.717) is 12.0 Å². The second kappa shape index (κ2) is 6.73. The zero-order chi connectivity index (χ0) is 14.7. The Kier molecular flexibility index (Phi) is 5.22. The molecule has 1 N–H and O–H groups in total. The van der Waals surface area contributed by atoms with E-state index >= 15 is 0 Å². The third-order valence-corrected chi connectivity index (χ3v) is 4.36. The van der Waals surface area contributed by atoms with Crippen LogP contribution in [0.25, 0.3) is 0 Å². The third-order valence-electron chi connectivity index (χ3n) is 4.36. The van der Waals surface area contributed by atoms with Crippen LogP contribution in [-0.4, -0.2) is 28.6 Å². The molecule has 0 bridgehead atoms. The predicted molar refractivity (Wildman–Crippen MR) is 84.6 cm³/mol. The van der Waals surface area contributed by atoms with Crippen LogP contribution in [0.15, 0.2) is 30.3 Å². The molecule has 2 rings (SSSR count). The molecular formula is C18H29NO. The molecule has 0 saturated heterocycles. The number of benzene rings is 1. The Labute approximate surface area is 123 Å². The van der Waals surface area contributed by atoms with Crippen LogP contribution in [0.3, 0.4) is 0 Å². The van der Waals surface area contributed by atoms with Gasteiger partial charge in [0.15, 0.2) is 0 Å². The fourth-order valence-corrected chi connectivity index (χ4v) is 3.05. The summed E-state index contributed by atoms with van der Waals surface area (Å²) in [5.41, 5.74) is 1.03. The van der Waals surface area contributed by atoms with Crippen molar-refractivity contribution >= 4 is 0 Å². The molecule has 1 aliphatic rings. The molecule has 0 aromatic heterocycles. The molecule has 0 aliphatic heterocycles. The Balaban J connectivity index is 2.19. The molecule has 0 heterocycles. The lowest BCUT2D eigenvalue weighted by molar-refractivity contribution is 0.00305. The Morgan fingerprint density at radius 3 is 2.15 bits per heavy atom. The molecule has 112 valence electrons. The van der Waals surface area contributed by atoms with Crippen LogP contribution < -0.4 is 0 Å². The first-order valence-electron chi connectivity index (χ1n) is 7.99. The summed E-state index contributed by atoms with van der Waals surface area (Å²) in [6, 6.07) is 10.8. The van der Waals surface area contributed by atoms with Crippen LogP contribution in [0.2, 0.25) is 0 Å². The molecular weight excluding hydrogens is 246 g/mol.